The Labute approximate surface area is 240 Å². The Bertz CT molecular complexity index is 1650. The van der Waals surface area contributed by atoms with E-state index >= 15 is 0 Å². The lowest BCUT2D eigenvalue weighted by Crippen LogP contribution is -2.43. The number of methoxy groups -OCH3 is 1. The molecule has 2 aromatic carbocycles. The molecule has 0 radical (unpaired) electrons. The smallest absolute Gasteiger partial charge is 0.267 e. The van der Waals surface area contributed by atoms with Crippen molar-refractivity contribution < 1.29 is 17.9 Å². The van der Waals surface area contributed by atoms with Crippen molar-refractivity contribution in [3.05, 3.63) is 65.5 Å². The highest BCUT2D eigenvalue weighted by Crippen LogP contribution is 2.40. The zero-order chi connectivity index (χ0) is 29.1. The number of ether oxygens (including phenoxy) is 2. The van der Waals surface area contributed by atoms with Crippen LogP contribution >= 0.6 is 0 Å². The molecule has 0 amide bonds. The molecule has 0 saturated carbocycles. The first kappa shape index (κ1) is 28.4. The normalized spacial score (nSPS) is 13.7. The molecule has 2 N–H and O–H groups in total. The molecule has 0 atom stereocenters. The third kappa shape index (κ3) is 6.13. The number of aryl methyl sites for hydroxylation is 3. The first-order valence-electron chi connectivity index (χ1n) is 13.5. The van der Waals surface area contributed by atoms with Crippen molar-refractivity contribution in [3.8, 4) is 28.6 Å². The van der Waals surface area contributed by atoms with Gasteiger partial charge in [0.2, 0.25) is 11.8 Å². The van der Waals surface area contributed by atoms with Crippen LogP contribution in [0, 0.1) is 13.8 Å². The van der Waals surface area contributed by atoms with Crippen LogP contribution < -0.4 is 24.4 Å². The molecule has 41 heavy (non-hydrogen) atoms. The van der Waals surface area contributed by atoms with Crippen LogP contribution in [-0.2, 0) is 23.5 Å². The molecule has 0 aliphatic carbocycles. The van der Waals surface area contributed by atoms with Crippen molar-refractivity contribution in [2.24, 2.45) is 7.05 Å². The Morgan fingerprint density at radius 1 is 1.07 bits per heavy atom. The quantitative estimate of drug-likeness (QED) is 0.303. The molecule has 2 aromatic heterocycles. The first-order valence-corrected chi connectivity index (χ1v) is 15.0. The van der Waals surface area contributed by atoms with Crippen molar-refractivity contribution in [1.29, 1.82) is 0 Å². The molecule has 0 unspecified atom stereocenters. The van der Waals surface area contributed by atoms with Gasteiger partial charge in [-0.2, -0.15) is 10.1 Å². The lowest BCUT2D eigenvalue weighted by Gasteiger charge is -2.29. The minimum Gasteiger partial charge on any atom is -0.496 e. The summed E-state index contributed by atoms with van der Waals surface area (Å²) in [5.74, 6) is 1.36. The second kappa shape index (κ2) is 11.8. The van der Waals surface area contributed by atoms with E-state index in [0.717, 1.165) is 54.1 Å². The zero-order valence-electron chi connectivity index (χ0n) is 23.9. The number of aromatic nitrogens is 4. The molecule has 5 rings (SSSR count). The van der Waals surface area contributed by atoms with Gasteiger partial charge in [0.1, 0.15) is 16.4 Å². The van der Waals surface area contributed by atoms with Crippen LogP contribution in [0.2, 0.25) is 0 Å². The highest BCUT2D eigenvalue weighted by molar-refractivity contribution is 7.92. The van der Waals surface area contributed by atoms with Crippen LogP contribution in [0.5, 0.6) is 17.4 Å². The fourth-order valence-corrected chi connectivity index (χ4v) is 5.91. The number of nitrogens with zero attached hydrogens (tertiary/aromatic N) is 5. The number of hydrogen-bond acceptors (Lipinski definition) is 9. The molecular weight excluding hydrogens is 542 g/mol. The van der Waals surface area contributed by atoms with E-state index in [-0.39, 0.29) is 16.7 Å². The maximum Gasteiger partial charge on any atom is 0.267 e. The Kier molecular flexibility index (Phi) is 8.13. The van der Waals surface area contributed by atoms with Crippen molar-refractivity contribution in [2.45, 2.75) is 32.1 Å². The molecule has 3 heterocycles. The van der Waals surface area contributed by atoms with E-state index in [2.05, 4.69) is 25.0 Å². The molecule has 0 bridgehead atoms. The predicted octanol–water partition coefficient (Wildman–Crippen LogP) is 4.07. The van der Waals surface area contributed by atoms with Gasteiger partial charge >= 0.3 is 0 Å². The second-order valence-electron chi connectivity index (χ2n) is 9.98. The molecule has 4 aromatic rings. The van der Waals surface area contributed by atoms with Crippen molar-refractivity contribution >= 4 is 21.7 Å². The fourth-order valence-electron chi connectivity index (χ4n) is 4.99. The summed E-state index contributed by atoms with van der Waals surface area (Å²) in [6.45, 7) is 9.72. The molecule has 1 aliphatic rings. The third-order valence-electron chi connectivity index (χ3n) is 6.97. The van der Waals surface area contributed by atoms with E-state index in [1.807, 2.05) is 57.2 Å². The average molecular weight is 578 g/mol. The highest BCUT2D eigenvalue weighted by atomic mass is 32.2. The van der Waals surface area contributed by atoms with Gasteiger partial charge in [0, 0.05) is 56.2 Å². The molecular formula is C29H35N7O4S. The third-order valence-corrected chi connectivity index (χ3v) is 8.26. The van der Waals surface area contributed by atoms with Gasteiger partial charge in [-0.1, -0.05) is 13.0 Å². The van der Waals surface area contributed by atoms with E-state index in [1.54, 1.807) is 14.2 Å². The Balaban J connectivity index is 1.59. The van der Waals surface area contributed by atoms with Gasteiger partial charge < -0.3 is 19.7 Å². The molecule has 0 spiro atoms. The van der Waals surface area contributed by atoms with Crippen molar-refractivity contribution in [3.63, 3.8) is 0 Å². The van der Waals surface area contributed by atoms with Crippen LogP contribution in [0.4, 0.5) is 11.6 Å². The Morgan fingerprint density at radius 2 is 1.80 bits per heavy atom. The summed E-state index contributed by atoms with van der Waals surface area (Å²) >= 11 is 0. The van der Waals surface area contributed by atoms with Gasteiger partial charge in [-0.05, 0) is 61.7 Å². The van der Waals surface area contributed by atoms with Crippen LogP contribution in [0.1, 0.15) is 23.6 Å². The summed E-state index contributed by atoms with van der Waals surface area (Å²) in [6.07, 6.45) is 3.22. The number of piperazine rings is 1. The van der Waals surface area contributed by atoms with Crippen LogP contribution in [0.3, 0.4) is 0 Å². The van der Waals surface area contributed by atoms with Gasteiger partial charge in [0.25, 0.3) is 10.0 Å². The summed E-state index contributed by atoms with van der Waals surface area (Å²) in [4.78, 5) is 11.6. The van der Waals surface area contributed by atoms with E-state index in [9.17, 15) is 8.42 Å². The molecule has 12 heteroatoms. The lowest BCUT2D eigenvalue weighted by molar-refractivity contribution is 0.415. The standard InChI is InChI=1S/C29H35N7O4S/c1-6-24-27(26-20(3)15-19(2)16-25(26)39-5)32-29(34-41(37,38)23-17-31-35(4)18-23)33-28(24)40-22-9-7-21(8-10-22)36-13-11-30-12-14-36/h7-10,15-18,30H,6,11-14H2,1-5H3,(H,32,33,34). The number of hydrogen-bond donors (Lipinski definition) is 2. The molecule has 1 fully saturated rings. The maximum absolute atomic E-state index is 13.2. The SMILES string of the molecule is CCc1c(Oc2ccc(N3CCNCC3)cc2)nc(NS(=O)(=O)c2cnn(C)c2)nc1-c1c(C)cc(C)cc1OC. The van der Waals surface area contributed by atoms with Crippen LogP contribution in [0.15, 0.2) is 53.7 Å². The number of nitrogens with one attached hydrogen (secondary N) is 2. The number of sulfonamides is 1. The van der Waals surface area contributed by atoms with Crippen LogP contribution in [0.25, 0.3) is 11.3 Å². The average Bonchev–Trinajstić information content (AvgIpc) is 3.40. The monoisotopic (exact) mass is 577 g/mol. The summed E-state index contributed by atoms with van der Waals surface area (Å²) in [5.41, 5.74) is 5.09. The number of rotatable bonds is 9. The van der Waals surface area contributed by atoms with Crippen molar-refractivity contribution in [2.75, 3.05) is 42.9 Å². The first-order chi connectivity index (χ1) is 19.7. The molecule has 1 saturated heterocycles. The van der Waals surface area contributed by atoms with Gasteiger partial charge in [0.15, 0.2) is 0 Å². The highest BCUT2D eigenvalue weighted by Gasteiger charge is 2.25. The molecule has 11 nitrogen and oxygen atoms in total. The minimum absolute atomic E-state index is 0.000199. The largest absolute Gasteiger partial charge is 0.496 e. The Hall–Kier alpha value is -4.16. The molecule has 1 aliphatic heterocycles. The van der Waals surface area contributed by atoms with Crippen LogP contribution in [-0.4, -0.2) is 61.5 Å². The predicted molar refractivity (Wildman–Crippen MR) is 158 cm³/mol. The van der Waals surface area contributed by atoms with Gasteiger partial charge in [-0.3, -0.25) is 4.68 Å². The number of benzene rings is 2. The van der Waals surface area contributed by atoms with E-state index in [1.165, 1.54) is 17.1 Å². The number of anilines is 2. The summed E-state index contributed by atoms with van der Waals surface area (Å²) < 4.78 is 42.4. The van der Waals surface area contributed by atoms with Crippen molar-refractivity contribution in [1.82, 2.24) is 25.1 Å². The Morgan fingerprint density at radius 3 is 2.44 bits per heavy atom. The second-order valence-corrected chi connectivity index (χ2v) is 11.7. The van der Waals surface area contributed by atoms with E-state index < -0.39 is 10.0 Å². The van der Waals surface area contributed by atoms with E-state index in [0.29, 0.717) is 23.6 Å². The lowest BCUT2D eigenvalue weighted by atomic mass is 9.97. The summed E-state index contributed by atoms with van der Waals surface area (Å²) in [6, 6.07) is 11.8. The van der Waals surface area contributed by atoms with Gasteiger partial charge in [-0.25, -0.2) is 18.1 Å². The fraction of sp³-hybridized carbons (Fsp3) is 0.345. The summed E-state index contributed by atoms with van der Waals surface area (Å²) in [5, 5.41) is 7.35. The maximum atomic E-state index is 13.2. The zero-order valence-corrected chi connectivity index (χ0v) is 24.7. The molecule has 216 valence electrons. The minimum atomic E-state index is -4.01. The van der Waals surface area contributed by atoms with E-state index in [4.69, 9.17) is 14.5 Å². The topological polar surface area (TPSA) is 124 Å². The summed E-state index contributed by atoms with van der Waals surface area (Å²) in [7, 11) is -0.754. The van der Waals surface area contributed by atoms with Gasteiger partial charge in [0.05, 0.1) is 19.0 Å². The van der Waals surface area contributed by atoms with Gasteiger partial charge in [-0.15, -0.1) is 0 Å².